The number of carbonyl (C=O) groups excluding carboxylic acids is 2. The Labute approximate surface area is 152 Å². The number of nitrogens with zero attached hydrogens (tertiary/aromatic N) is 2. The van der Waals surface area contributed by atoms with Crippen LogP contribution >= 0.6 is 0 Å². The van der Waals surface area contributed by atoms with Crippen LogP contribution in [0.5, 0.6) is 0 Å². The van der Waals surface area contributed by atoms with Gasteiger partial charge in [-0.1, -0.05) is 24.3 Å². The van der Waals surface area contributed by atoms with Crippen molar-refractivity contribution in [1.82, 2.24) is 0 Å². The molecule has 1 heterocycles. The third-order valence-electron chi connectivity index (χ3n) is 5.27. The lowest BCUT2D eigenvalue weighted by Gasteiger charge is -2.27. The molecule has 0 saturated heterocycles. The molecule has 5 nitrogen and oxygen atoms in total. The molecule has 1 unspecified atom stereocenters. The highest BCUT2D eigenvalue weighted by atomic mass is 16.2. The number of benzene rings is 2. The largest absolute Gasteiger partial charge is 0.325 e. The number of nitrogens with one attached hydrogen (secondary N) is 1. The molecular formula is C21H19N3O2. The van der Waals surface area contributed by atoms with E-state index in [4.69, 9.17) is 5.26 Å². The number of fused-ring (bicyclic) bond motifs is 1. The Bertz CT molecular complexity index is 940. The van der Waals surface area contributed by atoms with Crippen LogP contribution in [0.2, 0.25) is 0 Å². The van der Waals surface area contributed by atoms with Crippen LogP contribution in [0, 0.1) is 16.7 Å². The van der Waals surface area contributed by atoms with E-state index in [2.05, 4.69) is 11.4 Å². The van der Waals surface area contributed by atoms with Gasteiger partial charge >= 0.3 is 0 Å². The maximum absolute atomic E-state index is 13.3. The zero-order chi connectivity index (χ0) is 18.3. The second-order valence-corrected chi connectivity index (χ2v) is 7.09. The number of nitriles is 1. The summed E-state index contributed by atoms with van der Waals surface area (Å²) in [5.74, 6) is -0.405. The number of hydrogen-bond donors (Lipinski definition) is 1. The van der Waals surface area contributed by atoms with Gasteiger partial charge in [0.15, 0.2) is 0 Å². The van der Waals surface area contributed by atoms with E-state index in [0.717, 1.165) is 17.7 Å². The molecule has 5 heteroatoms. The highest BCUT2D eigenvalue weighted by Crippen LogP contribution is 2.50. The number of amides is 2. The molecule has 1 fully saturated rings. The molecular weight excluding hydrogens is 326 g/mol. The van der Waals surface area contributed by atoms with Gasteiger partial charge in [-0.2, -0.15) is 5.26 Å². The predicted octanol–water partition coefficient (Wildman–Crippen LogP) is 3.25. The first kappa shape index (κ1) is 16.3. The Hall–Kier alpha value is -3.13. The normalized spacial score (nSPS) is 19.4. The van der Waals surface area contributed by atoms with Crippen molar-refractivity contribution in [3.63, 3.8) is 0 Å². The van der Waals surface area contributed by atoms with Crippen molar-refractivity contribution in [2.24, 2.45) is 5.41 Å². The maximum Gasteiger partial charge on any atom is 0.242 e. The second kappa shape index (κ2) is 5.99. The average Bonchev–Trinajstić information content (AvgIpc) is 3.39. The molecule has 1 atom stereocenters. The fourth-order valence-electron chi connectivity index (χ4n) is 3.69. The highest BCUT2D eigenvalue weighted by molar-refractivity contribution is 6.18. The van der Waals surface area contributed by atoms with Gasteiger partial charge in [-0.25, -0.2) is 0 Å². The van der Waals surface area contributed by atoms with Gasteiger partial charge in [0.25, 0.3) is 0 Å². The van der Waals surface area contributed by atoms with Crippen molar-refractivity contribution < 1.29 is 9.59 Å². The summed E-state index contributed by atoms with van der Waals surface area (Å²) in [6, 6.07) is 16.7. The lowest BCUT2D eigenvalue weighted by molar-refractivity contribution is -0.132. The summed E-state index contributed by atoms with van der Waals surface area (Å²) in [5, 5.41) is 11.8. The molecule has 2 aromatic carbocycles. The molecule has 2 aromatic rings. The highest BCUT2D eigenvalue weighted by Gasteiger charge is 2.59. The van der Waals surface area contributed by atoms with Gasteiger partial charge in [0.05, 0.1) is 11.6 Å². The van der Waals surface area contributed by atoms with Gasteiger partial charge in [0.1, 0.15) is 5.41 Å². The third kappa shape index (κ3) is 2.55. The Kier molecular flexibility index (Phi) is 3.77. The quantitative estimate of drug-likeness (QED) is 0.868. The van der Waals surface area contributed by atoms with Crippen molar-refractivity contribution in [2.75, 3.05) is 10.2 Å². The average molecular weight is 345 g/mol. The number of para-hydroxylation sites is 1. The van der Waals surface area contributed by atoms with Crippen molar-refractivity contribution >= 4 is 23.2 Å². The standard InChI is InChI=1S/C21H19N3O2/c1-14-11-16-6-2-3-8-18(16)24(14)20(26)21(9-10-21)19(25)23-17-7-4-5-15(12-17)13-22/h2-8,12,14H,9-11H2,1H3,(H,23,25). The van der Waals surface area contributed by atoms with E-state index in [1.165, 1.54) is 0 Å². The van der Waals surface area contributed by atoms with Crippen molar-refractivity contribution in [2.45, 2.75) is 32.2 Å². The van der Waals surface area contributed by atoms with Crippen LogP contribution in [-0.2, 0) is 16.0 Å². The Balaban J connectivity index is 1.58. The second-order valence-electron chi connectivity index (χ2n) is 7.09. The lowest BCUT2D eigenvalue weighted by Crippen LogP contribution is -2.45. The number of rotatable bonds is 3. The van der Waals surface area contributed by atoms with Crippen LogP contribution in [0.15, 0.2) is 48.5 Å². The van der Waals surface area contributed by atoms with Gasteiger partial charge in [-0.15, -0.1) is 0 Å². The summed E-state index contributed by atoms with van der Waals surface area (Å²) in [7, 11) is 0. The Morgan fingerprint density at radius 1 is 1.19 bits per heavy atom. The summed E-state index contributed by atoms with van der Waals surface area (Å²) in [5.41, 5.74) is 2.08. The topological polar surface area (TPSA) is 73.2 Å². The van der Waals surface area contributed by atoms with Crippen LogP contribution in [0.25, 0.3) is 0 Å². The van der Waals surface area contributed by atoms with Crippen LogP contribution in [0.4, 0.5) is 11.4 Å². The van der Waals surface area contributed by atoms with Crippen molar-refractivity contribution in [3.05, 3.63) is 59.7 Å². The van der Waals surface area contributed by atoms with E-state index in [1.807, 2.05) is 31.2 Å². The van der Waals surface area contributed by atoms with Gasteiger partial charge < -0.3 is 10.2 Å². The summed E-state index contributed by atoms with van der Waals surface area (Å²) in [6.07, 6.45) is 1.92. The Morgan fingerprint density at radius 3 is 2.69 bits per heavy atom. The van der Waals surface area contributed by atoms with E-state index in [0.29, 0.717) is 24.1 Å². The fourth-order valence-corrected chi connectivity index (χ4v) is 3.69. The van der Waals surface area contributed by atoms with E-state index < -0.39 is 5.41 Å². The molecule has 1 N–H and O–H groups in total. The zero-order valence-corrected chi connectivity index (χ0v) is 14.5. The van der Waals surface area contributed by atoms with Gasteiger partial charge in [-0.3, -0.25) is 9.59 Å². The van der Waals surface area contributed by atoms with E-state index in [9.17, 15) is 9.59 Å². The fraction of sp³-hybridized carbons (Fsp3) is 0.286. The summed E-state index contributed by atoms with van der Waals surface area (Å²) in [6.45, 7) is 2.02. The van der Waals surface area contributed by atoms with Gasteiger partial charge in [-0.05, 0) is 56.0 Å². The van der Waals surface area contributed by atoms with Gasteiger partial charge in [0.2, 0.25) is 11.8 Å². The summed E-state index contributed by atoms with van der Waals surface area (Å²) in [4.78, 5) is 27.9. The van der Waals surface area contributed by atoms with E-state index >= 15 is 0 Å². The molecule has 1 aliphatic carbocycles. The van der Waals surface area contributed by atoms with Crippen LogP contribution in [0.1, 0.15) is 30.9 Å². The monoisotopic (exact) mass is 345 g/mol. The summed E-state index contributed by atoms with van der Waals surface area (Å²) < 4.78 is 0. The molecule has 130 valence electrons. The number of anilines is 2. The summed E-state index contributed by atoms with van der Waals surface area (Å²) >= 11 is 0. The molecule has 2 amide bonds. The zero-order valence-electron chi connectivity index (χ0n) is 14.5. The molecule has 4 rings (SSSR count). The SMILES string of the molecule is CC1Cc2ccccc2N1C(=O)C1(C(=O)Nc2cccc(C#N)c2)CC1. The molecule has 2 aliphatic rings. The Morgan fingerprint density at radius 2 is 1.96 bits per heavy atom. The molecule has 1 saturated carbocycles. The first-order valence-electron chi connectivity index (χ1n) is 8.78. The first-order valence-corrected chi connectivity index (χ1v) is 8.78. The predicted molar refractivity (Wildman–Crippen MR) is 98.5 cm³/mol. The minimum atomic E-state index is -0.992. The molecule has 1 aliphatic heterocycles. The van der Waals surface area contributed by atoms with E-state index in [-0.39, 0.29) is 17.9 Å². The first-order chi connectivity index (χ1) is 12.5. The number of carbonyl (C=O) groups is 2. The smallest absolute Gasteiger partial charge is 0.242 e. The van der Waals surface area contributed by atoms with Crippen molar-refractivity contribution in [3.8, 4) is 6.07 Å². The minimum Gasteiger partial charge on any atom is -0.325 e. The van der Waals surface area contributed by atoms with Crippen molar-refractivity contribution in [1.29, 1.82) is 5.26 Å². The molecule has 26 heavy (non-hydrogen) atoms. The molecule has 0 radical (unpaired) electrons. The van der Waals surface area contributed by atoms with Gasteiger partial charge in [0, 0.05) is 17.4 Å². The molecule has 0 bridgehead atoms. The minimum absolute atomic E-state index is 0.0482. The molecule has 0 aromatic heterocycles. The third-order valence-corrected chi connectivity index (χ3v) is 5.27. The van der Waals surface area contributed by atoms with E-state index in [1.54, 1.807) is 29.2 Å². The number of hydrogen-bond acceptors (Lipinski definition) is 3. The molecule has 0 spiro atoms. The van der Waals surface area contributed by atoms with Crippen LogP contribution < -0.4 is 10.2 Å². The maximum atomic E-state index is 13.3. The van der Waals surface area contributed by atoms with Crippen LogP contribution in [-0.4, -0.2) is 17.9 Å². The van der Waals surface area contributed by atoms with Crippen LogP contribution in [0.3, 0.4) is 0 Å². The lowest BCUT2D eigenvalue weighted by atomic mass is 10.0.